The van der Waals surface area contributed by atoms with Gasteiger partial charge in [-0.1, -0.05) is 6.92 Å². The summed E-state index contributed by atoms with van der Waals surface area (Å²) >= 11 is 0. The van der Waals surface area contributed by atoms with Crippen molar-refractivity contribution in [2.75, 3.05) is 6.54 Å². The van der Waals surface area contributed by atoms with Gasteiger partial charge in [-0.25, -0.2) is 4.98 Å². The Bertz CT molecular complexity index is 527. The van der Waals surface area contributed by atoms with Crippen LogP contribution in [0.25, 0.3) is 0 Å². The largest absolute Gasteiger partial charge is 0.308 e. The number of hydrogen-bond donors (Lipinski definition) is 1. The summed E-state index contributed by atoms with van der Waals surface area (Å²) in [4.78, 5) is 4.31. The summed E-state index contributed by atoms with van der Waals surface area (Å²) in [7, 11) is 3.91. The maximum atomic E-state index is 4.43. The van der Waals surface area contributed by atoms with E-state index in [0.29, 0.717) is 0 Å². The van der Waals surface area contributed by atoms with Crippen molar-refractivity contribution in [3.63, 3.8) is 0 Å². The number of nitrogens with zero attached hydrogens (tertiary/aromatic N) is 5. The lowest BCUT2D eigenvalue weighted by Gasteiger charge is -2.18. The van der Waals surface area contributed by atoms with Crippen LogP contribution in [0.5, 0.6) is 0 Å². The second-order valence-corrected chi connectivity index (χ2v) is 4.84. The third kappa shape index (κ3) is 3.20. The molecule has 2 heterocycles. The number of rotatable bonds is 6. The SMILES string of the molecule is CCCNC(Cc1ncnn1C)c1cc(C)nn1C. The van der Waals surface area contributed by atoms with Crippen molar-refractivity contribution in [2.24, 2.45) is 14.1 Å². The van der Waals surface area contributed by atoms with Gasteiger partial charge in [-0.05, 0) is 26.0 Å². The molecule has 0 fully saturated rings. The predicted molar refractivity (Wildman–Crippen MR) is 73.7 cm³/mol. The molecule has 0 aliphatic rings. The summed E-state index contributed by atoms with van der Waals surface area (Å²) in [5.74, 6) is 0.979. The van der Waals surface area contributed by atoms with Crippen molar-refractivity contribution in [1.82, 2.24) is 29.9 Å². The topological polar surface area (TPSA) is 60.6 Å². The lowest BCUT2D eigenvalue weighted by Crippen LogP contribution is -2.27. The molecule has 19 heavy (non-hydrogen) atoms. The Morgan fingerprint density at radius 1 is 1.32 bits per heavy atom. The minimum Gasteiger partial charge on any atom is -0.308 e. The minimum absolute atomic E-state index is 0.217. The van der Waals surface area contributed by atoms with Crippen LogP contribution in [0.4, 0.5) is 0 Å². The molecule has 0 saturated carbocycles. The van der Waals surface area contributed by atoms with Gasteiger partial charge < -0.3 is 5.32 Å². The van der Waals surface area contributed by atoms with E-state index in [1.807, 2.05) is 30.4 Å². The van der Waals surface area contributed by atoms with E-state index in [1.54, 1.807) is 6.33 Å². The highest BCUT2D eigenvalue weighted by molar-refractivity contribution is 5.14. The fraction of sp³-hybridized carbons (Fsp3) is 0.615. The molecule has 2 aromatic heterocycles. The van der Waals surface area contributed by atoms with Gasteiger partial charge in [-0.15, -0.1) is 0 Å². The lowest BCUT2D eigenvalue weighted by atomic mass is 10.1. The van der Waals surface area contributed by atoms with Crippen LogP contribution in [0.2, 0.25) is 0 Å². The Hall–Kier alpha value is -1.69. The van der Waals surface area contributed by atoms with Crippen molar-refractivity contribution in [3.8, 4) is 0 Å². The molecule has 0 radical (unpaired) electrons. The van der Waals surface area contributed by atoms with E-state index in [2.05, 4.69) is 33.5 Å². The first kappa shape index (κ1) is 13.7. The van der Waals surface area contributed by atoms with Crippen LogP contribution in [0, 0.1) is 6.92 Å². The summed E-state index contributed by atoms with van der Waals surface area (Å²) in [6.45, 7) is 5.16. The van der Waals surface area contributed by atoms with E-state index in [9.17, 15) is 0 Å². The van der Waals surface area contributed by atoms with Gasteiger partial charge in [0.25, 0.3) is 0 Å². The molecule has 2 aromatic rings. The van der Waals surface area contributed by atoms with Crippen molar-refractivity contribution in [2.45, 2.75) is 32.7 Å². The number of nitrogens with one attached hydrogen (secondary N) is 1. The van der Waals surface area contributed by atoms with E-state index in [0.717, 1.165) is 30.9 Å². The first-order valence-corrected chi connectivity index (χ1v) is 6.68. The van der Waals surface area contributed by atoms with Crippen molar-refractivity contribution in [3.05, 3.63) is 29.6 Å². The molecule has 1 N–H and O–H groups in total. The molecule has 2 rings (SSSR count). The van der Waals surface area contributed by atoms with Crippen molar-refractivity contribution < 1.29 is 0 Å². The maximum absolute atomic E-state index is 4.43. The maximum Gasteiger partial charge on any atom is 0.138 e. The van der Waals surface area contributed by atoms with E-state index in [1.165, 1.54) is 5.69 Å². The zero-order valence-corrected chi connectivity index (χ0v) is 12.1. The zero-order valence-electron chi connectivity index (χ0n) is 12.1. The van der Waals surface area contributed by atoms with E-state index >= 15 is 0 Å². The minimum atomic E-state index is 0.217. The lowest BCUT2D eigenvalue weighted by molar-refractivity contribution is 0.476. The summed E-state index contributed by atoms with van der Waals surface area (Å²) in [5, 5.41) is 12.1. The van der Waals surface area contributed by atoms with Gasteiger partial charge in [0.05, 0.1) is 17.4 Å². The van der Waals surface area contributed by atoms with Gasteiger partial charge in [0.15, 0.2) is 0 Å². The average Bonchev–Trinajstić information content (AvgIpc) is 2.91. The average molecular weight is 262 g/mol. The molecule has 0 spiro atoms. The smallest absolute Gasteiger partial charge is 0.138 e. The number of hydrogen-bond acceptors (Lipinski definition) is 4. The molecule has 6 heteroatoms. The molecule has 0 amide bonds. The fourth-order valence-corrected chi connectivity index (χ4v) is 2.24. The van der Waals surface area contributed by atoms with Gasteiger partial charge in [0, 0.05) is 20.5 Å². The van der Waals surface area contributed by atoms with Crippen molar-refractivity contribution >= 4 is 0 Å². The van der Waals surface area contributed by atoms with Gasteiger partial charge >= 0.3 is 0 Å². The number of aromatic nitrogens is 5. The van der Waals surface area contributed by atoms with Crippen molar-refractivity contribution in [1.29, 1.82) is 0 Å². The van der Waals surface area contributed by atoms with Crippen LogP contribution < -0.4 is 5.32 Å². The Kier molecular flexibility index (Phi) is 4.31. The van der Waals surface area contributed by atoms with Gasteiger partial charge in [-0.3, -0.25) is 9.36 Å². The second kappa shape index (κ2) is 5.97. The highest BCUT2D eigenvalue weighted by atomic mass is 15.3. The molecular formula is C13H22N6. The third-order valence-corrected chi connectivity index (χ3v) is 3.23. The molecule has 0 saturated heterocycles. The predicted octanol–water partition coefficient (Wildman–Crippen LogP) is 1.14. The van der Waals surface area contributed by atoms with E-state index in [4.69, 9.17) is 0 Å². The standard InChI is InChI=1S/C13H22N6/c1-5-6-14-11(8-13-15-9-16-19(13)4)12-7-10(2)17-18(12)3/h7,9,11,14H,5-6,8H2,1-4H3. The van der Waals surface area contributed by atoms with Crippen LogP contribution >= 0.6 is 0 Å². The summed E-state index contributed by atoms with van der Waals surface area (Å²) in [5.41, 5.74) is 2.23. The molecular weight excluding hydrogens is 240 g/mol. The third-order valence-electron chi connectivity index (χ3n) is 3.23. The Balaban J connectivity index is 2.20. The van der Waals surface area contributed by atoms with Gasteiger partial charge in [0.2, 0.25) is 0 Å². The summed E-state index contributed by atoms with van der Waals surface area (Å²) < 4.78 is 3.77. The Morgan fingerprint density at radius 3 is 2.63 bits per heavy atom. The van der Waals surface area contributed by atoms with Crippen LogP contribution in [-0.2, 0) is 20.5 Å². The molecule has 6 nitrogen and oxygen atoms in total. The van der Waals surface area contributed by atoms with Crippen LogP contribution in [-0.4, -0.2) is 31.1 Å². The van der Waals surface area contributed by atoms with Crippen LogP contribution in [0.15, 0.2) is 12.4 Å². The van der Waals surface area contributed by atoms with Crippen LogP contribution in [0.3, 0.4) is 0 Å². The highest BCUT2D eigenvalue weighted by Crippen LogP contribution is 2.17. The second-order valence-electron chi connectivity index (χ2n) is 4.84. The molecule has 1 atom stereocenters. The monoisotopic (exact) mass is 262 g/mol. The molecule has 104 valence electrons. The summed E-state index contributed by atoms with van der Waals surface area (Å²) in [6.07, 6.45) is 3.52. The van der Waals surface area contributed by atoms with Gasteiger partial charge in [-0.2, -0.15) is 10.2 Å². The van der Waals surface area contributed by atoms with Gasteiger partial charge in [0.1, 0.15) is 12.2 Å². The number of aryl methyl sites for hydroxylation is 3. The Labute approximate surface area is 113 Å². The summed E-state index contributed by atoms with van der Waals surface area (Å²) in [6, 6.07) is 2.35. The first-order valence-electron chi connectivity index (χ1n) is 6.68. The normalized spacial score (nSPS) is 12.8. The van der Waals surface area contributed by atoms with E-state index in [-0.39, 0.29) is 6.04 Å². The molecule has 0 bridgehead atoms. The molecule has 0 aliphatic carbocycles. The molecule has 0 aromatic carbocycles. The Morgan fingerprint density at radius 2 is 2.11 bits per heavy atom. The molecule has 0 aliphatic heterocycles. The van der Waals surface area contributed by atoms with E-state index < -0.39 is 0 Å². The van der Waals surface area contributed by atoms with Crippen LogP contribution in [0.1, 0.15) is 36.6 Å². The fourth-order valence-electron chi connectivity index (χ4n) is 2.24. The highest BCUT2D eigenvalue weighted by Gasteiger charge is 2.18. The zero-order chi connectivity index (χ0) is 13.8. The molecule has 1 unspecified atom stereocenters. The first-order chi connectivity index (χ1) is 9.11. The quantitative estimate of drug-likeness (QED) is 0.848.